The first kappa shape index (κ1) is 21.9. The van der Waals surface area contributed by atoms with Gasteiger partial charge in [-0.3, -0.25) is 0 Å². The highest BCUT2D eigenvalue weighted by molar-refractivity contribution is 5.68. The fourth-order valence-electron chi connectivity index (χ4n) is 3.35. The van der Waals surface area contributed by atoms with Crippen LogP contribution in [0.4, 0.5) is 4.79 Å². The van der Waals surface area contributed by atoms with Crippen LogP contribution in [0.2, 0.25) is 0 Å². The van der Waals surface area contributed by atoms with E-state index < -0.39 is 5.60 Å². The molecule has 2 heterocycles. The average Bonchev–Trinajstić information content (AvgIpc) is 3.19. The number of ether oxygens (including phenoxy) is 3. The summed E-state index contributed by atoms with van der Waals surface area (Å²) in [6.07, 6.45) is 1.27. The van der Waals surface area contributed by atoms with Crippen LogP contribution in [0.5, 0.6) is 11.5 Å². The van der Waals surface area contributed by atoms with E-state index in [1.807, 2.05) is 52.8 Å². The highest BCUT2D eigenvalue weighted by atomic mass is 16.6. The van der Waals surface area contributed by atoms with Crippen molar-refractivity contribution < 1.29 is 23.5 Å². The van der Waals surface area contributed by atoms with Gasteiger partial charge in [0.15, 0.2) is 17.3 Å². The molecule has 0 unspecified atom stereocenters. The number of piperidine rings is 1. The number of aromatic nitrogens is 2. The van der Waals surface area contributed by atoms with Crippen LogP contribution < -0.4 is 9.47 Å². The molecule has 1 aliphatic rings. The quantitative estimate of drug-likeness (QED) is 0.676. The van der Waals surface area contributed by atoms with Crippen molar-refractivity contribution in [3.8, 4) is 23.0 Å². The third kappa shape index (κ3) is 5.43. The summed E-state index contributed by atoms with van der Waals surface area (Å²) in [6.45, 7) is 11.8. The van der Waals surface area contributed by atoms with Crippen molar-refractivity contribution in [1.29, 1.82) is 0 Å². The number of nitrogens with zero attached hydrogens (tertiary/aromatic N) is 3. The van der Waals surface area contributed by atoms with Crippen LogP contribution >= 0.6 is 0 Å². The van der Waals surface area contributed by atoms with E-state index in [1.165, 1.54) is 0 Å². The van der Waals surface area contributed by atoms with Crippen molar-refractivity contribution in [1.82, 2.24) is 15.0 Å². The van der Waals surface area contributed by atoms with E-state index in [4.69, 9.17) is 18.7 Å². The normalized spacial score (nSPS) is 15.2. The summed E-state index contributed by atoms with van der Waals surface area (Å²) in [6, 6.07) is 5.60. The average molecular weight is 418 g/mol. The van der Waals surface area contributed by atoms with Gasteiger partial charge in [0.2, 0.25) is 0 Å². The molecule has 8 nitrogen and oxygen atoms in total. The second kappa shape index (κ2) is 9.36. The lowest BCUT2D eigenvalue weighted by Crippen LogP contribution is -2.41. The molecule has 1 aromatic heterocycles. The van der Waals surface area contributed by atoms with Gasteiger partial charge >= 0.3 is 6.09 Å². The lowest BCUT2D eigenvalue weighted by Gasteiger charge is -2.32. The predicted molar refractivity (Wildman–Crippen MR) is 112 cm³/mol. The zero-order chi connectivity index (χ0) is 21.7. The van der Waals surface area contributed by atoms with E-state index in [1.54, 1.807) is 4.90 Å². The third-order valence-electron chi connectivity index (χ3n) is 4.74. The van der Waals surface area contributed by atoms with Crippen LogP contribution in [0.1, 0.15) is 59.2 Å². The zero-order valence-corrected chi connectivity index (χ0v) is 18.4. The Morgan fingerprint density at radius 1 is 1.13 bits per heavy atom. The van der Waals surface area contributed by atoms with Crippen LogP contribution in [0, 0.1) is 0 Å². The molecule has 0 aliphatic carbocycles. The van der Waals surface area contributed by atoms with Gasteiger partial charge in [0.05, 0.1) is 13.2 Å². The smallest absolute Gasteiger partial charge is 0.410 e. The van der Waals surface area contributed by atoms with Crippen molar-refractivity contribution in [3.63, 3.8) is 0 Å². The molecule has 1 aliphatic heterocycles. The lowest BCUT2D eigenvalue weighted by atomic mass is 9.96. The molecular formula is C22H31N3O5. The number of hydrogen-bond donors (Lipinski definition) is 0. The van der Waals surface area contributed by atoms with Gasteiger partial charge in [-0.1, -0.05) is 5.16 Å². The van der Waals surface area contributed by atoms with Crippen molar-refractivity contribution in [2.75, 3.05) is 26.3 Å². The number of likely N-dealkylation sites (tertiary alicyclic amines) is 1. The Balaban J connectivity index is 1.66. The summed E-state index contributed by atoms with van der Waals surface area (Å²) in [5.74, 6) is 2.61. The van der Waals surface area contributed by atoms with Gasteiger partial charge in [-0.15, -0.1) is 0 Å². The Labute approximate surface area is 177 Å². The Kier molecular flexibility index (Phi) is 6.84. The van der Waals surface area contributed by atoms with Crippen molar-refractivity contribution in [2.45, 2.75) is 59.0 Å². The van der Waals surface area contributed by atoms with E-state index >= 15 is 0 Å². The Morgan fingerprint density at radius 3 is 2.43 bits per heavy atom. The molecule has 0 N–H and O–H groups in total. The maximum atomic E-state index is 12.2. The van der Waals surface area contributed by atoms with E-state index in [2.05, 4.69) is 10.1 Å². The molecule has 1 aromatic carbocycles. The number of hydrogen-bond acceptors (Lipinski definition) is 7. The highest BCUT2D eigenvalue weighted by Crippen LogP contribution is 2.34. The topological polar surface area (TPSA) is 86.9 Å². The standard InChI is InChI=1S/C22H31N3O5/c1-6-27-17-9-8-16(14-18(17)28-7-2)20-23-19(24-30-20)15-10-12-25(13-11-15)21(26)29-22(3,4)5/h8-9,14-15H,6-7,10-13H2,1-5H3. The van der Waals surface area contributed by atoms with Crippen molar-refractivity contribution >= 4 is 6.09 Å². The van der Waals surface area contributed by atoms with Crippen LogP contribution in [-0.2, 0) is 4.74 Å². The summed E-state index contributed by atoms with van der Waals surface area (Å²) < 4.78 is 22.3. The Hall–Kier alpha value is -2.77. The van der Waals surface area contributed by atoms with Crippen LogP contribution in [0.3, 0.4) is 0 Å². The monoisotopic (exact) mass is 417 g/mol. The van der Waals surface area contributed by atoms with E-state index in [0.29, 0.717) is 49.5 Å². The number of carbonyl (C=O) groups excluding carboxylic acids is 1. The van der Waals surface area contributed by atoms with Gasteiger partial charge in [0.1, 0.15) is 5.60 Å². The minimum Gasteiger partial charge on any atom is -0.490 e. The molecule has 1 saturated heterocycles. The summed E-state index contributed by atoms with van der Waals surface area (Å²) in [5.41, 5.74) is 0.293. The van der Waals surface area contributed by atoms with Crippen LogP contribution in [-0.4, -0.2) is 53.0 Å². The van der Waals surface area contributed by atoms with Gasteiger partial charge in [0.25, 0.3) is 5.89 Å². The molecule has 0 saturated carbocycles. The van der Waals surface area contributed by atoms with Crippen LogP contribution in [0.15, 0.2) is 22.7 Å². The SMILES string of the molecule is CCOc1ccc(-c2nc(C3CCN(C(=O)OC(C)(C)C)CC3)no2)cc1OCC. The number of benzene rings is 1. The van der Waals surface area contributed by atoms with Crippen molar-refractivity contribution in [2.24, 2.45) is 0 Å². The summed E-state index contributed by atoms with van der Waals surface area (Å²) in [5, 5.41) is 4.19. The van der Waals surface area contributed by atoms with Gasteiger partial charge < -0.3 is 23.6 Å². The molecule has 1 fully saturated rings. The lowest BCUT2D eigenvalue weighted by molar-refractivity contribution is 0.0203. The molecule has 1 amide bonds. The molecule has 3 rings (SSSR count). The third-order valence-corrected chi connectivity index (χ3v) is 4.74. The maximum absolute atomic E-state index is 12.2. The Morgan fingerprint density at radius 2 is 1.80 bits per heavy atom. The first-order valence-corrected chi connectivity index (χ1v) is 10.5. The molecule has 0 radical (unpaired) electrons. The van der Waals surface area contributed by atoms with Gasteiger partial charge in [-0.05, 0) is 65.7 Å². The molecule has 2 aromatic rings. The van der Waals surface area contributed by atoms with Crippen molar-refractivity contribution in [3.05, 3.63) is 24.0 Å². The minimum absolute atomic E-state index is 0.148. The molecule has 0 spiro atoms. The van der Waals surface area contributed by atoms with E-state index in [9.17, 15) is 4.79 Å². The fraction of sp³-hybridized carbons (Fsp3) is 0.591. The number of amides is 1. The zero-order valence-electron chi connectivity index (χ0n) is 18.4. The first-order chi connectivity index (χ1) is 14.3. The van der Waals surface area contributed by atoms with E-state index in [-0.39, 0.29) is 12.0 Å². The van der Waals surface area contributed by atoms with Gasteiger partial charge in [0, 0.05) is 24.6 Å². The van der Waals surface area contributed by atoms with Gasteiger partial charge in [-0.2, -0.15) is 4.98 Å². The molecular weight excluding hydrogens is 386 g/mol. The predicted octanol–water partition coefficient (Wildman–Crippen LogP) is 4.65. The number of carbonyl (C=O) groups is 1. The molecule has 30 heavy (non-hydrogen) atoms. The van der Waals surface area contributed by atoms with E-state index in [0.717, 1.165) is 18.4 Å². The summed E-state index contributed by atoms with van der Waals surface area (Å²) >= 11 is 0. The minimum atomic E-state index is -0.492. The number of rotatable bonds is 6. The summed E-state index contributed by atoms with van der Waals surface area (Å²) in [7, 11) is 0. The first-order valence-electron chi connectivity index (χ1n) is 10.5. The highest BCUT2D eigenvalue weighted by Gasteiger charge is 2.29. The second-order valence-electron chi connectivity index (χ2n) is 8.23. The molecule has 0 atom stereocenters. The van der Waals surface area contributed by atoms with Gasteiger partial charge in [-0.25, -0.2) is 4.79 Å². The molecule has 8 heteroatoms. The fourth-order valence-corrected chi connectivity index (χ4v) is 3.35. The van der Waals surface area contributed by atoms with Crippen LogP contribution in [0.25, 0.3) is 11.5 Å². The Bertz CT molecular complexity index is 851. The largest absolute Gasteiger partial charge is 0.490 e. The summed E-state index contributed by atoms with van der Waals surface area (Å²) in [4.78, 5) is 18.6. The molecule has 164 valence electrons. The molecule has 0 bridgehead atoms. The maximum Gasteiger partial charge on any atom is 0.410 e. The second-order valence-corrected chi connectivity index (χ2v) is 8.23.